The monoisotopic (exact) mass is 477 g/mol. The van der Waals surface area contributed by atoms with E-state index in [1.165, 1.54) is 11.3 Å². The Balaban J connectivity index is 1.51. The Labute approximate surface area is 199 Å². The van der Waals surface area contributed by atoms with Gasteiger partial charge >= 0.3 is 0 Å². The maximum Gasteiger partial charge on any atom is 0.262 e. The van der Waals surface area contributed by atoms with Gasteiger partial charge in [0.15, 0.2) is 0 Å². The topological polar surface area (TPSA) is 88.0 Å². The van der Waals surface area contributed by atoms with Crippen molar-refractivity contribution in [3.8, 4) is 22.0 Å². The van der Waals surface area contributed by atoms with E-state index in [0.29, 0.717) is 15.6 Å². The molecule has 2 N–H and O–H groups in total. The Morgan fingerprint density at radius 3 is 2.73 bits per heavy atom. The minimum absolute atomic E-state index is 0.345. The van der Waals surface area contributed by atoms with Gasteiger partial charge in [-0.05, 0) is 25.1 Å². The highest BCUT2D eigenvalue weighted by atomic mass is 35.5. The number of aromatic nitrogens is 4. The summed E-state index contributed by atoms with van der Waals surface area (Å²) >= 11 is 7.57. The lowest BCUT2D eigenvalue weighted by Crippen LogP contribution is -2.12. The molecule has 0 bridgehead atoms. The van der Waals surface area contributed by atoms with E-state index in [1.807, 2.05) is 77.8 Å². The van der Waals surface area contributed by atoms with Crippen molar-refractivity contribution >= 4 is 39.9 Å². The molecule has 0 spiro atoms. The van der Waals surface area contributed by atoms with Crippen molar-refractivity contribution in [1.82, 2.24) is 19.1 Å². The van der Waals surface area contributed by atoms with Crippen LogP contribution in [-0.4, -0.2) is 25.0 Å². The van der Waals surface area contributed by atoms with Crippen molar-refractivity contribution < 1.29 is 9.53 Å². The number of aryl methyl sites for hydroxylation is 1. The fourth-order valence-corrected chi connectivity index (χ4v) is 5.00. The molecule has 3 heterocycles. The lowest BCUT2D eigenvalue weighted by Gasteiger charge is -2.16. The van der Waals surface area contributed by atoms with Gasteiger partial charge in [-0.15, -0.1) is 11.3 Å². The summed E-state index contributed by atoms with van der Waals surface area (Å²) in [5.74, 6) is -0.126. The molecule has 0 saturated carbocycles. The van der Waals surface area contributed by atoms with Crippen molar-refractivity contribution in [2.45, 2.75) is 13.0 Å². The fourth-order valence-electron chi connectivity index (χ4n) is 3.78. The molecule has 5 aromatic rings. The van der Waals surface area contributed by atoms with E-state index < -0.39 is 5.91 Å². The van der Waals surface area contributed by atoms with E-state index in [2.05, 4.69) is 9.97 Å². The van der Waals surface area contributed by atoms with Crippen molar-refractivity contribution in [3.63, 3.8) is 0 Å². The summed E-state index contributed by atoms with van der Waals surface area (Å²) in [6, 6.07) is 15.3. The zero-order valence-electron chi connectivity index (χ0n) is 17.9. The van der Waals surface area contributed by atoms with Gasteiger partial charge in [-0.25, -0.2) is 9.97 Å². The zero-order valence-corrected chi connectivity index (χ0v) is 19.5. The highest BCUT2D eigenvalue weighted by molar-refractivity contribution is 7.16. The lowest BCUT2D eigenvalue weighted by molar-refractivity contribution is 0.0998. The SMILES string of the molecule is C[C@@H](Oc1cc(-n2cnc3cc(-c4cncn4C)ccc32)sc1C(N)=O)c1ccccc1Cl. The van der Waals surface area contributed by atoms with Gasteiger partial charge in [0.05, 0.1) is 29.3 Å². The van der Waals surface area contributed by atoms with Crippen LogP contribution in [0.25, 0.3) is 27.3 Å². The maximum absolute atomic E-state index is 12.2. The molecule has 0 radical (unpaired) electrons. The van der Waals surface area contributed by atoms with Crippen LogP contribution in [-0.2, 0) is 7.05 Å². The van der Waals surface area contributed by atoms with E-state index in [4.69, 9.17) is 22.1 Å². The number of carbonyl (C=O) groups is 1. The summed E-state index contributed by atoms with van der Waals surface area (Å²) in [7, 11) is 1.95. The van der Waals surface area contributed by atoms with Crippen LogP contribution in [0.5, 0.6) is 5.75 Å². The quantitative estimate of drug-likeness (QED) is 0.355. The number of primary amides is 1. The molecule has 33 heavy (non-hydrogen) atoms. The molecular weight excluding hydrogens is 458 g/mol. The first kappa shape index (κ1) is 21.2. The molecular formula is C24H20ClN5O2S. The average molecular weight is 478 g/mol. The van der Waals surface area contributed by atoms with Crippen LogP contribution in [0.3, 0.4) is 0 Å². The summed E-state index contributed by atoms with van der Waals surface area (Å²) in [6.07, 6.45) is 4.95. The number of benzene rings is 2. The molecule has 0 aliphatic heterocycles. The van der Waals surface area contributed by atoms with Gasteiger partial charge in [0, 0.05) is 29.3 Å². The van der Waals surface area contributed by atoms with Crippen LogP contribution in [0.15, 0.2) is 67.4 Å². The number of ether oxygens (including phenoxy) is 1. The van der Waals surface area contributed by atoms with Crippen molar-refractivity contribution in [2.24, 2.45) is 12.8 Å². The second-order valence-electron chi connectivity index (χ2n) is 7.63. The van der Waals surface area contributed by atoms with Crippen molar-refractivity contribution in [3.05, 3.63) is 82.8 Å². The number of halogens is 1. The number of hydrogen-bond donors (Lipinski definition) is 1. The van der Waals surface area contributed by atoms with Gasteiger partial charge in [-0.3, -0.25) is 9.36 Å². The summed E-state index contributed by atoms with van der Waals surface area (Å²) in [5, 5.41) is 1.38. The number of hydrogen-bond acceptors (Lipinski definition) is 5. The predicted octanol–water partition coefficient (Wildman–Crippen LogP) is 5.38. The van der Waals surface area contributed by atoms with Gasteiger partial charge in [0.25, 0.3) is 5.91 Å². The van der Waals surface area contributed by atoms with E-state index in [1.54, 1.807) is 12.7 Å². The molecule has 0 unspecified atom stereocenters. The third-order valence-corrected chi connectivity index (χ3v) is 6.93. The van der Waals surface area contributed by atoms with Crippen molar-refractivity contribution in [2.75, 3.05) is 0 Å². The van der Waals surface area contributed by atoms with Crippen LogP contribution in [0.1, 0.15) is 28.3 Å². The van der Waals surface area contributed by atoms with Crippen LogP contribution >= 0.6 is 22.9 Å². The van der Waals surface area contributed by atoms with Gasteiger partial charge < -0.3 is 15.0 Å². The second kappa shape index (κ2) is 8.38. The third-order valence-electron chi connectivity index (χ3n) is 5.45. The Bertz CT molecular complexity index is 1490. The predicted molar refractivity (Wildman–Crippen MR) is 130 cm³/mol. The molecule has 7 nitrogen and oxygen atoms in total. The Morgan fingerprint density at radius 1 is 1.18 bits per heavy atom. The number of thiophene rings is 1. The Hall–Kier alpha value is -3.62. The molecule has 0 fully saturated rings. The molecule has 166 valence electrons. The minimum Gasteiger partial charge on any atom is -0.484 e. The average Bonchev–Trinajstić information content (AvgIpc) is 3.51. The molecule has 3 aromatic heterocycles. The largest absolute Gasteiger partial charge is 0.484 e. The standard InChI is InChI=1S/C24H20ClN5O2S/c1-14(16-5-3-4-6-17(16)25)32-21-10-22(33-23(21)24(26)31)30-13-28-18-9-15(7-8-19(18)30)20-11-27-12-29(20)2/h3-14H,1-2H3,(H2,26,31)/t14-/m1/s1. The molecule has 0 saturated heterocycles. The number of imidazole rings is 2. The minimum atomic E-state index is -0.546. The van der Waals surface area contributed by atoms with Crippen LogP contribution in [0.2, 0.25) is 5.02 Å². The Kier molecular flexibility index (Phi) is 5.39. The number of nitrogens with two attached hydrogens (primary N) is 1. The number of nitrogens with zero attached hydrogens (tertiary/aromatic N) is 4. The van der Waals surface area contributed by atoms with Gasteiger partial charge in [0.1, 0.15) is 28.1 Å². The van der Waals surface area contributed by atoms with E-state index in [-0.39, 0.29) is 6.10 Å². The van der Waals surface area contributed by atoms with Crippen LogP contribution < -0.4 is 10.5 Å². The normalized spacial score (nSPS) is 12.2. The number of carbonyl (C=O) groups excluding carboxylic acids is 1. The molecule has 0 aliphatic carbocycles. The van der Waals surface area contributed by atoms with Crippen molar-refractivity contribution in [1.29, 1.82) is 0 Å². The first-order valence-corrected chi connectivity index (χ1v) is 11.4. The highest BCUT2D eigenvalue weighted by Gasteiger charge is 2.21. The summed E-state index contributed by atoms with van der Waals surface area (Å²) in [4.78, 5) is 21.2. The molecule has 5 rings (SSSR count). The van der Waals surface area contributed by atoms with E-state index in [9.17, 15) is 4.79 Å². The van der Waals surface area contributed by atoms with Gasteiger partial charge in [0.2, 0.25) is 0 Å². The number of amides is 1. The zero-order chi connectivity index (χ0) is 23.1. The lowest BCUT2D eigenvalue weighted by atomic mass is 10.1. The number of fused-ring (bicyclic) bond motifs is 1. The molecule has 2 aromatic carbocycles. The number of rotatable bonds is 6. The summed E-state index contributed by atoms with van der Waals surface area (Å²) in [5.41, 5.74) is 10.3. The summed E-state index contributed by atoms with van der Waals surface area (Å²) < 4.78 is 10.0. The fraction of sp³-hybridized carbons (Fsp3) is 0.125. The first-order chi connectivity index (χ1) is 15.9. The maximum atomic E-state index is 12.2. The molecule has 1 atom stereocenters. The van der Waals surface area contributed by atoms with Crippen LogP contribution in [0, 0.1) is 0 Å². The summed E-state index contributed by atoms with van der Waals surface area (Å²) in [6.45, 7) is 1.88. The van der Waals surface area contributed by atoms with Gasteiger partial charge in [-0.1, -0.05) is 35.9 Å². The van der Waals surface area contributed by atoms with Crippen LogP contribution in [0.4, 0.5) is 0 Å². The van der Waals surface area contributed by atoms with Gasteiger partial charge in [-0.2, -0.15) is 0 Å². The smallest absolute Gasteiger partial charge is 0.262 e. The third kappa shape index (κ3) is 3.88. The second-order valence-corrected chi connectivity index (χ2v) is 9.07. The van der Waals surface area contributed by atoms with E-state index in [0.717, 1.165) is 32.9 Å². The first-order valence-electron chi connectivity index (χ1n) is 10.2. The Morgan fingerprint density at radius 2 is 2.00 bits per heavy atom. The highest BCUT2D eigenvalue weighted by Crippen LogP contribution is 2.37. The van der Waals surface area contributed by atoms with E-state index >= 15 is 0 Å². The molecule has 0 aliphatic rings. The molecule has 1 amide bonds. The molecule has 9 heteroatoms.